The van der Waals surface area contributed by atoms with Gasteiger partial charge in [-0.15, -0.1) is 13.2 Å². The molecule has 0 spiro atoms. The third kappa shape index (κ3) is 3.26. The van der Waals surface area contributed by atoms with Gasteiger partial charge in [0.15, 0.2) is 0 Å². The van der Waals surface area contributed by atoms with Crippen molar-refractivity contribution in [2.24, 2.45) is 5.92 Å². The first-order valence-electron chi connectivity index (χ1n) is 6.71. The van der Waals surface area contributed by atoms with Crippen molar-refractivity contribution >= 4 is 17.5 Å². The number of fused-ring (bicyclic) bond motifs is 1. The highest BCUT2D eigenvalue weighted by Crippen LogP contribution is 2.38. The number of carbonyl (C=O) groups is 1. The van der Waals surface area contributed by atoms with Gasteiger partial charge in [-0.25, -0.2) is 0 Å². The molecule has 1 aliphatic heterocycles. The van der Waals surface area contributed by atoms with Gasteiger partial charge in [0, 0.05) is 18.1 Å². The minimum absolute atomic E-state index is 0.0208. The van der Waals surface area contributed by atoms with Crippen molar-refractivity contribution in [2.75, 3.05) is 6.54 Å². The SMILES string of the molecule is O=C1c2c(cc(Cl)cc2OC(F)(F)F)CN1CCC1CC1. The lowest BCUT2D eigenvalue weighted by Crippen LogP contribution is -2.26. The number of benzene rings is 1. The third-order valence-corrected chi connectivity index (χ3v) is 3.96. The standard InChI is InChI=1S/C14H13ClF3NO2/c15-10-5-9-7-19(4-3-8-1-2-8)13(20)12(9)11(6-10)21-14(16,17)18/h5-6,8H,1-4,7H2. The molecule has 1 fully saturated rings. The molecule has 2 aliphatic rings. The molecule has 1 aromatic rings. The number of hydrogen-bond donors (Lipinski definition) is 0. The summed E-state index contributed by atoms with van der Waals surface area (Å²) in [6.45, 7) is 0.844. The summed E-state index contributed by atoms with van der Waals surface area (Å²) < 4.78 is 41.3. The van der Waals surface area contributed by atoms with E-state index in [0.29, 0.717) is 18.0 Å². The molecule has 1 aliphatic carbocycles. The number of amides is 1. The molecule has 0 radical (unpaired) electrons. The molecule has 1 aromatic carbocycles. The van der Waals surface area contributed by atoms with Crippen LogP contribution in [0.2, 0.25) is 5.02 Å². The molecule has 0 saturated heterocycles. The second kappa shape index (κ2) is 5.09. The number of nitrogens with zero attached hydrogens (tertiary/aromatic N) is 1. The van der Waals surface area contributed by atoms with E-state index in [4.69, 9.17) is 11.6 Å². The van der Waals surface area contributed by atoms with E-state index in [-0.39, 0.29) is 17.1 Å². The zero-order valence-electron chi connectivity index (χ0n) is 11.0. The largest absolute Gasteiger partial charge is 0.573 e. The van der Waals surface area contributed by atoms with E-state index < -0.39 is 18.0 Å². The molecule has 0 unspecified atom stereocenters. The van der Waals surface area contributed by atoms with Crippen LogP contribution in [0.3, 0.4) is 0 Å². The summed E-state index contributed by atoms with van der Waals surface area (Å²) in [6, 6.07) is 2.56. The first kappa shape index (κ1) is 14.5. The highest BCUT2D eigenvalue weighted by Gasteiger charge is 2.37. The van der Waals surface area contributed by atoms with Crippen molar-refractivity contribution in [1.82, 2.24) is 4.90 Å². The van der Waals surface area contributed by atoms with Crippen LogP contribution in [0.15, 0.2) is 12.1 Å². The van der Waals surface area contributed by atoms with E-state index in [2.05, 4.69) is 4.74 Å². The second-order valence-corrected chi connectivity index (χ2v) is 5.88. The van der Waals surface area contributed by atoms with Crippen LogP contribution in [0.4, 0.5) is 13.2 Å². The zero-order chi connectivity index (χ0) is 15.2. The quantitative estimate of drug-likeness (QED) is 0.839. The van der Waals surface area contributed by atoms with Gasteiger partial charge in [-0.05, 0) is 30.0 Å². The third-order valence-electron chi connectivity index (χ3n) is 3.74. The van der Waals surface area contributed by atoms with Gasteiger partial charge in [0.1, 0.15) is 5.75 Å². The van der Waals surface area contributed by atoms with Gasteiger partial charge in [-0.3, -0.25) is 4.79 Å². The minimum Gasteiger partial charge on any atom is -0.405 e. The van der Waals surface area contributed by atoms with Crippen LogP contribution < -0.4 is 4.74 Å². The Morgan fingerprint density at radius 3 is 2.67 bits per heavy atom. The van der Waals surface area contributed by atoms with E-state index in [0.717, 1.165) is 12.5 Å². The highest BCUT2D eigenvalue weighted by molar-refractivity contribution is 6.31. The maximum Gasteiger partial charge on any atom is 0.573 e. The Hall–Kier alpha value is -1.43. The van der Waals surface area contributed by atoms with Gasteiger partial charge in [0.2, 0.25) is 0 Å². The molecule has 0 aromatic heterocycles. The molecule has 1 amide bonds. The Balaban J connectivity index is 1.84. The molecule has 0 atom stereocenters. The van der Waals surface area contributed by atoms with E-state index in [9.17, 15) is 18.0 Å². The molecule has 3 rings (SSSR count). The van der Waals surface area contributed by atoms with Gasteiger partial charge < -0.3 is 9.64 Å². The molecule has 7 heteroatoms. The Bertz CT molecular complexity index is 584. The van der Waals surface area contributed by atoms with Crippen LogP contribution in [0.1, 0.15) is 35.2 Å². The number of hydrogen-bond acceptors (Lipinski definition) is 2. The summed E-state index contributed by atoms with van der Waals surface area (Å²) in [5.74, 6) is -0.276. The number of carbonyl (C=O) groups excluding carboxylic acids is 1. The fraction of sp³-hybridized carbons (Fsp3) is 0.500. The normalized spacial score (nSPS) is 18.1. The van der Waals surface area contributed by atoms with Crippen LogP contribution >= 0.6 is 11.6 Å². The van der Waals surface area contributed by atoms with Crippen molar-refractivity contribution in [3.63, 3.8) is 0 Å². The first-order chi connectivity index (χ1) is 9.83. The molecule has 21 heavy (non-hydrogen) atoms. The average molecular weight is 320 g/mol. The molecule has 3 nitrogen and oxygen atoms in total. The first-order valence-corrected chi connectivity index (χ1v) is 7.09. The average Bonchev–Trinajstić information content (AvgIpc) is 3.10. The maximum atomic E-state index is 12.4. The van der Waals surface area contributed by atoms with Crippen molar-refractivity contribution in [3.05, 3.63) is 28.3 Å². The van der Waals surface area contributed by atoms with E-state index >= 15 is 0 Å². The van der Waals surface area contributed by atoms with Crippen molar-refractivity contribution < 1.29 is 22.7 Å². The minimum atomic E-state index is -4.85. The summed E-state index contributed by atoms with van der Waals surface area (Å²) in [4.78, 5) is 13.8. The predicted octanol–water partition coefficient (Wildman–Crippen LogP) is 3.99. The van der Waals surface area contributed by atoms with Crippen LogP contribution in [0.5, 0.6) is 5.75 Å². The summed E-state index contributed by atoms with van der Waals surface area (Å²) >= 11 is 5.81. The summed E-state index contributed by atoms with van der Waals surface area (Å²) in [5, 5.41) is 0.129. The molecule has 1 heterocycles. The van der Waals surface area contributed by atoms with E-state index in [1.807, 2.05) is 0 Å². The van der Waals surface area contributed by atoms with Crippen molar-refractivity contribution in [1.29, 1.82) is 0 Å². The lowest BCUT2D eigenvalue weighted by Gasteiger charge is -2.15. The van der Waals surface area contributed by atoms with E-state index in [1.54, 1.807) is 4.90 Å². The number of ether oxygens (including phenoxy) is 1. The highest BCUT2D eigenvalue weighted by atomic mass is 35.5. The van der Waals surface area contributed by atoms with Crippen LogP contribution in [-0.4, -0.2) is 23.7 Å². The van der Waals surface area contributed by atoms with Gasteiger partial charge in [0.25, 0.3) is 5.91 Å². The molecule has 0 N–H and O–H groups in total. The van der Waals surface area contributed by atoms with Gasteiger partial charge >= 0.3 is 6.36 Å². The van der Waals surface area contributed by atoms with Crippen LogP contribution in [0, 0.1) is 5.92 Å². The van der Waals surface area contributed by atoms with Gasteiger partial charge in [-0.2, -0.15) is 0 Å². The molecule has 0 bridgehead atoms. The molecule has 114 valence electrons. The van der Waals surface area contributed by atoms with Crippen molar-refractivity contribution in [3.8, 4) is 5.75 Å². The number of halogens is 4. The van der Waals surface area contributed by atoms with Gasteiger partial charge in [-0.1, -0.05) is 24.4 Å². The summed E-state index contributed by atoms with van der Waals surface area (Å²) in [7, 11) is 0. The molecule has 1 saturated carbocycles. The smallest absolute Gasteiger partial charge is 0.405 e. The lowest BCUT2D eigenvalue weighted by molar-refractivity contribution is -0.274. The Morgan fingerprint density at radius 1 is 1.33 bits per heavy atom. The van der Waals surface area contributed by atoms with Crippen LogP contribution in [0.25, 0.3) is 0 Å². The van der Waals surface area contributed by atoms with E-state index in [1.165, 1.54) is 18.9 Å². The number of alkyl halides is 3. The molecular weight excluding hydrogens is 307 g/mol. The van der Waals surface area contributed by atoms with Gasteiger partial charge in [0.05, 0.1) is 5.56 Å². The fourth-order valence-electron chi connectivity index (χ4n) is 2.57. The van der Waals surface area contributed by atoms with Crippen molar-refractivity contribution in [2.45, 2.75) is 32.2 Å². The Labute approximate surface area is 124 Å². The summed E-state index contributed by atoms with van der Waals surface area (Å²) in [5.41, 5.74) is 0.468. The van der Waals surface area contributed by atoms with Crippen LogP contribution in [-0.2, 0) is 6.54 Å². The lowest BCUT2D eigenvalue weighted by atomic mass is 10.1. The topological polar surface area (TPSA) is 29.5 Å². The maximum absolute atomic E-state index is 12.4. The predicted molar refractivity (Wildman–Crippen MR) is 70.2 cm³/mol. The summed E-state index contributed by atoms with van der Waals surface area (Å²) in [6.07, 6.45) is -1.62. The second-order valence-electron chi connectivity index (χ2n) is 5.44. The monoisotopic (exact) mass is 319 g/mol. The number of rotatable bonds is 4. The Kier molecular flexibility index (Phi) is 3.51. The zero-order valence-corrected chi connectivity index (χ0v) is 11.8. The Morgan fingerprint density at radius 2 is 2.05 bits per heavy atom. The molecular formula is C14H13ClF3NO2. The fourth-order valence-corrected chi connectivity index (χ4v) is 2.80.